The molecule has 2 atom stereocenters. The highest BCUT2D eigenvalue weighted by Crippen LogP contribution is 2.34. The number of carbonyl (C=O) groups excluding carboxylic acids is 1. The van der Waals surface area contributed by atoms with E-state index in [-0.39, 0.29) is 42.3 Å². The van der Waals surface area contributed by atoms with Crippen LogP contribution < -0.4 is 5.32 Å². The highest BCUT2D eigenvalue weighted by atomic mass is 35.5. The van der Waals surface area contributed by atoms with E-state index in [4.69, 9.17) is 21.6 Å². The first-order chi connectivity index (χ1) is 16.4. The molecule has 2 unspecified atom stereocenters. The van der Waals surface area contributed by atoms with E-state index in [9.17, 15) is 13.2 Å². The Kier molecular flexibility index (Phi) is 6.39. The number of halogens is 1. The Labute approximate surface area is 206 Å². The van der Waals surface area contributed by atoms with Crippen LogP contribution >= 0.6 is 22.9 Å². The second-order valence-corrected chi connectivity index (χ2v) is 12.0. The first-order valence-electron chi connectivity index (χ1n) is 11.0. The molecule has 2 amide bonds. The van der Waals surface area contributed by atoms with Crippen LogP contribution in [0.4, 0.5) is 4.79 Å². The largest absolute Gasteiger partial charge is 0.463 e. The number of benzene rings is 1. The quantitative estimate of drug-likeness (QED) is 0.659. The summed E-state index contributed by atoms with van der Waals surface area (Å²) >= 11 is 7.23. The van der Waals surface area contributed by atoms with Crippen LogP contribution in [0, 0.1) is 11.3 Å². The normalized spacial score (nSPS) is 23.4. The fraction of sp³-hybridized carbons (Fsp3) is 0.476. The van der Waals surface area contributed by atoms with E-state index >= 15 is 0 Å². The Hall–Kier alpha value is -2.43. The number of nitriles is 1. The number of amides is 2. The zero-order chi connectivity index (χ0) is 23.9. The second kappa shape index (κ2) is 9.31. The van der Waals surface area contributed by atoms with Gasteiger partial charge in [-0.1, -0.05) is 17.7 Å². The van der Waals surface area contributed by atoms with Gasteiger partial charge in [-0.3, -0.25) is 5.32 Å². The first-order valence-corrected chi connectivity index (χ1v) is 13.6. The lowest BCUT2D eigenvalue weighted by molar-refractivity contribution is 0.0960. The van der Waals surface area contributed by atoms with E-state index in [1.807, 2.05) is 0 Å². The number of sulfonamides is 1. The van der Waals surface area contributed by atoms with Crippen LogP contribution in [0.25, 0.3) is 10.1 Å². The minimum atomic E-state index is -3.76. The molecule has 1 N–H and O–H groups in total. The predicted octanol–water partition coefficient (Wildman–Crippen LogP) is 2.62. The van der Waals surface area contributed by atoms with Crippen molar-refractivity contribution in [3.8, 4) is 6.07 Å². The smallest absolute Gasteiger partial charge is 0.340 e. The van der Waals surface area contributed by atoms with Gasteiger partial charge in [0.1, 0.15) is 10.9 Å². The van der Waals surface area contributed by atoms with Crippen molar-refractivity contribution in [3.63, 3.8) is 0 Å². The van der Waals surface area contributed by atoms with Crippen molar-refractivity contribution in [1.82, 2.24) is 19.5 Å². The van der Waals surface area contributed by atoms with E-state index in [1.54, 1.807) is 29.2 Å². The molecule has 0 spiro atoms. The monoisotopic (exact) mass is 522 g/mol. The van der Waals surface area contributed by atoms with Gasteiger partial charge in [-0.25, -0.2) is 18.2 Å². The molecule has 2 fully saturated rings. The molecule has 4 heterocycles. The summed E-state index contributed by atoms with van der Waals surface area (Å²) in [6.07, 6.45) is 1.28. The topological polar surface area (TPSA) is 118 Å². The zero-order valence-corrected chi connectivity index (χ0v) is 20.6. The number of fused-ring (bicyclic) bond motifs is 2. The minimum absolute atomic E-state index is 0.0246. The number of thiophene rings is 1. The van der Waals surface area contributed by atoms with Gasteiger partial charge in [0.25, 0.3) is 10.0 Å². The van der Waals surface area contributed by atoms with Crippen molar-refractivity contribution in [2.75, 3.05) is 32.9 Å². The fourth-order valence-corrected chi connectivity index (χ4v) is 7.74. The maximum absolute atomic E-state index is 13.4. The maximum Gasteiger partial charge on any atom is 0.340 e. The molecule has 13 heteroatoms. The fourth-order valence-electron chi connectivity index (χ4n) is 4.45. The van der Waals surface area contributed by atoms with Gasteiger partial charge in [-0.2, -0.15) is 9.57 Å². The van der Waals surface area contributed by atoms with Gasteiger partial charge >= 0.3 is 6.03 Å². The standard InChI is InChI=1S/C21H23ClN6O4S2/c22-15-4-3-14-10-19(33-18(14)11-15)34(30,31)26-8-9-27(16(12-26)2-1-6-23)21(29)28-7-5-17-20(25-28)32-13-24-17/h3-4,10-11,16-17,24H,1-2,5,7-9,12-13H2. The van der Waals surface area contributed by atoms with Crippen LogP contribution in [-0.2, 0) is 14.8 Å². The third-order valence-electron chi connectivity index (χ3n) is 6.25. The lowest BCUT2D eigenvalue weighted by Crippen LogP contribution is -2.59. The summed E-state index contributed by atoms with van der Waals surface area (Å²) in [6, 6.07) is 8.34. The van der Waals surface area contributed by atoms with Crippen molar-refractivity contribution in [2.45, 2.75) is 35.6 Å². The second-order valence-electron chi connectivity index (χ2n) is 8.33. The molecule has 0 bridgehead atoms. The highest BCUT2D eigenvalue weighted by Gasteiger charge is 2.40. The number of hydrazone groups is 1. The number of hydrogen-bond donors (Lipinski definition) is 1. The summed E-state index contributed by atoms with van der Waals surface area (Å²) in [5.41, 5.74) is 0. The Bertz CT molecular complexity index is 1290. The zero-order valence-electron chi connectivity index (χ0n) is 18.2. The average molecular weight is 523 g/mol. The van der Waals surface area contributed by atoms with Crippen molar-refractivity contribution in [2.24, 2.45) is 5.10 Å². The molecule has 1 aromatic heterocycles. The Morgan fingerprint density at radius 3 is 3.00 bits per heavy atom. The summed E-state index contributed by atoms with van der Waals surface area (Å²) < 4.78 is 34.8. The summed E-state index contributed by atoms with van der Waals surface area (Å²) in [6.45, 7) is 1.32. The van der Waals surface area contributed by atoms with Crippen LogP contribution in [0.15, 0.2) is 33.6 Å². The van der Waals surface area contributed by atoms with Gasteiger partial charge < -0.3 is 9.64 Å². The lowest BCUT2D eigenvalue weighted by atomic mass is 10.1. The van der Waals surface area contributed by atoms with Gasteiger partial charge in [-0.15, -0.1) is 16.4 Å². The van der Waals surface area contributed by atoms with Crippen LogP contribution in [-0.4, -0.2) is 79.6 Å². The number of ether oxygens (including phenoxy) is 1. The highest BCUT2D eigenvalue weighted by molar-refractivity contribution is 7.91. The van der Waals surface area contributed by atoms with Gasteiger partial charge in [0.05, 0.1) is 12.1 Å². The third kappa shape index (κ3) is 4.34. The van der Waals surface area contributed by atoms with Crippen molar-refractivity contribution < 1.29 is 17.9 Å². The Morgan fingerprint density at radius 1 is 1.32 bits per heavy atom. The summed E-state index contributed by atoms with van der Waals surface area (Å²) in [5.74, 6) is 0.499. The number of carbonyl (C=O) groups is 1. The molecule has 3 aliphatic rings. The molecule has 10 nitrogen and oxygen atoms in total. The van der Waals surface area contributed by atoms with Gasteiger partial charge in [0.2, 0.25) is 5.90 Å². The van der Waals surface area contributed by atoms with Crippen LogP contribution in [0.2, 0.25) is 5.02 Å². The Morgan fingerprint density at radius 2 is 2.18 bits per heavy atom. The van der Waals surface area contributed by atoms with Gasteiger partial charge in [0.15, 0.2) is 0 Å². The molecule has 5 rings (SSSR count). The van der Waals surface area contributed by atoms with E-state index in [1.165, 1.54) is 20.7 Å². The molecule has 0 radical (unpaired) electrons. The Balaban J connectivity index is 1.36. The number of hydrogen-bond acceptors (Lipinski definition) is 8. The van der Waals surface area contributed by atoms with Crippen molar-refractivity contribution in [3.05, 3.63) is 29.3 Å². The lowest BCUT2D eigenvalue weighted by Gasteiger charge is -2.42. The summed E-state index contributed by atoms with van der Waals surface area (Å²) in [4.78, 5) is 14.9. The van der Waals surface area contributed by atoms with Crippen molar-refractivity contribution >= 4 is 55.0 Å². The SMILES string of the molecule is N#CCCC1CN(S(=O)(=O)c2cc3ccc(Cl)cc3s2)CCN1C(=O)N1CCC2NCOC2=N1. The first kappa shape index (κ1) is 23.3. The number of rotatable bonds is 4. The number of nitrogens with one attached hydrogen (secondary N) is 1. The number of nitrogens with zero attached hydrogens (tertiary/aromatic N) is 5. The van der Waals surface area contributed by atoms with E-state index < -0.39 is 16.1 Å². The third-order valence-corrected chi connectivity index (χ3v) is 9.90. The number of urea groups is 1. The van der Waals surface area contributed by atoms with E-state index in [0.717, 1.165) is 10.1 Å². The van der Waals surface area contributed by atoms with E-state index in [0.29, 0.717) is 37.0 Å². The average Bonchev–Trinajstić information content (AvgIpc) is 3.48. The van der Waals surface area contributed by atoms with Crippen LogP contribution in [0.3, 0.4) is 0 Å². The molecule has 34 heavy (non-hydrogen) atoms. The summed E-state index contributed by atoms with van der Waals surface area (Å²) in [7, 11) is -3.76. The molecule has 180 valence electrons. The maximum atomic E-state index is 13.4. The minimum Gasteiger partial charge on any atom is -0.463 e. The van der Waals surface area contributed by atoms with Crippen LogP contribution in [0.5, 0.6) is 0 Å². The molecular formula is C21H23ClN6O4S2. The van der Waals surface area contributed by atoms with Gasteiger partial charge in [0, 0.05) is 48.4 Å². The molecule has 3 aliphatic heterocycles. The van der Waals surface area contributed by atoms with Gasteiger partial charge in [-0.05, 0) is 36.4 Å². The predicted molar refractivity (Wildman–Crippen MR) is 128 cm³/mol. The summed E-state index contributed by atoms with van der Waals surface area (Å²) in [5, 5.41) is 19.4. The van der Waals surface area contributed by atoms with Crippen molar-refractivity contribution in [1.29, 1.82) is 5.26 Å². The van der Waals surface area contributed by atoms with Crippen LogP contribution in [0.1, 0.15) is 19.3 Å². The van der Waals surface area contributed by atoms with E-state index in [2.05, 4.69) is 16.5 Å². The molecule has 1 aromatic carbocycles. The molecule has 0 saturated carbocycles. The molecule has 2 aromatic rings. The number of piperazine rings is 1. The molecule has 2 saturated heterocycles. The molecular weight excluding hydrogens is 500 g/mol. The molecule has 0 aliphatic carbocycles.